The highest BCUT2D eigenvalue weighted by Gasteiger charge is 2.62. The molecule has 0 N–H and O–H groups in total. The van der Waals surface area contributed by atoms with Gasteiger partial charge in [-0.15, -0.1) is 0 Å². The molecule has 7 rings (SSSR count). The number of fused-ring (bicyclic) bond motifs is 2. The van der Waals surface area contributed by atoms with Crippen molar-refractivity contribution in [3.8, 4) is 33.8 Å². The van der Waals surface area contributed by atoms with Gasteiger partial charge in [0, 0.05) is 12.3 Å². The van der Waals surface area contributed by atoms with Crippen LogP contribution in [0.4, 0.5) is 0 Å². The Morgan fingerprint density at radius 2 is 1.05 bits per heavy atom. The van der Waals surface area contributed by atoms with Crippen LogP contribution in [0.1, 0.15) is 25.7 Å². The Labute approximate surface area is 230 Å². The van der Waals surface area contributed by atoms with E-state index in [1.807, 2.05) is 36.4 Å². The quantitative estimate of drug-likeness (QED) is 0.239. The molecule has 3 fully saturated rings. The fourth-order valence-corrected chi connectivity index (χ4v) is 6.27. The largest absolute Gasteiger partial charge is 0.491 e. The van der Waals surface area contributed by atoms with Crippen molar-refractivity contribution < 1.29 is 18.9 Å². The molecule has 4 aromatic rings. The second kappa shape index (κ2) is 10.5. The fourth-order valence-electron chi connectivity index (χ4n) is 6.27. The van der Waals surface area contributed by atoms with E-state index in [-0.39, 0.29) is 12.2 Å². The molecule has 198 valence electrons. The molecule has 0 radical (unpaired) electrons. The zero-order chi connectivity index (χ0) is 26.1. The second-order valence-corrected chi connectivity index (χ2v) is 11.0. The lowest BCUT2D eigenvalue weighted by Crippen LogP contribution is -2.37. The van der Waals surface area contributed by atoms with Crippen molar-refractivity contribution in [2.24, 2.45) is 11.8 Å². The highest BCUT2D eigenvalue weighted by atomic mass is 16.8. The lowest BCUT2D eigenvalue weighted by molar-refractivity contribution is -0.208. The lowest BCUT2D eigenvalue weighted by Gasteiger charge is -2.32. The SMILES string of the molecule is c1ccc(-c2ccc(OC[C@@H]3OC4(CCC[C@@H]5C[C@@H]54)O[C@H]3COc3ccc(-c4ccccc4)cc3)cc2)cc1. The van der Waals surface area contributed by atoms with Crippen molar-refractivity contribution in [1.82, 2.24) is 0 Å². The van der Waals surface area contributed by atoms with Gasteiger partial charge < -0.3 is 18.9 Å². The molecule has 1 saturated heterocycles. The predicted octanol–water partition coefficient (Wildman–Crippen LogP) is 7.78. The average molecular weight is 519 g/mol. The van der Waals surface area contributed by atoms with E-state index in [1.54, 1.807) is 0 Å². The van der Waals surface area contributed by atoms with Gasteiger partial charge in [0.1, 0.15) is 36.9 Å². The van der Waals surface area contributed by atoms with Crippen molar-refractivity contribution in [2.45, 2.75) is 43.7 Å². The molecular weight excluding hydrogens is 484 g/mol. The first-order valence-electron chi connectivity index (χ1n) is 14.2. The second-order valence-electron chi connectivity index (χ2n) is 11.0. The normalized spacial score (nSPS) is 24.7. The summed E-state index contributed by atoms with van der Waals surface area (Å²) < 4.78 is 25.9. The summed E-state index contributed by atoms with van der Waals surface area (Å²) in [6.07, 6.45) is 4.26. The van der Waals surface area contributed by atoms with Crippen LogP contribution in [0.3, 0.4) is 0 Å². The highest BCUT2D eigenvalue weighted by Crippen LogP contribution is 2.59. The molecule has 0 amide bonds. The summed E-state index contributed by atoms with van der Waals surface area (Å²) in [6.45, 7) is 0.871. The van der Waals surface area contributed by atoms with Gasteiger partial charge in [-0.3, -0.25) is 0 Å². The number of hydrogen-bond acceptors (Lipinski definition) is 4. The molecule has 4 nitrogen and oxygen atoms in total. The van der Waals surface area contributed by atoms with Crippen molar-refractivity contribution in [1.29, 1.82) is 0 Å². The molecule has 4 heteroatoms. The van der Waals surface area contributed by atoms with Crippen LogP contribution in [-0.4, -0.2) is 31.2 Å². The first-order valence-corrected chi connectivity index (χ1v) is 14.2. The number of hydrogen-bond donors (Lipinski definition) is 0. The van der Waals surface area contributed by atoms with Gasteiger partial charge in [0.05, 0.1) is 0 Å². The van der Waals surface area contributed by atoms with Crippen LogP contribution >= 0.6 is 0 Å². The van der Waals surface area contributed by atoms with Crippen LogP contribution in [0.15, 0.2) is 109 Å². The summed E-state index contributed by atoms with van der Waals surface area (Å²) in [7, 11) is 0. The maximum atomic E-state index is 6.71. The zero-order valence-electron chi connectivity index (χ0n) is 22.1. The standard InChI is InChI=1S/C35H34O4/c1-3-8-25(9-4-1)27-13-17-30(18-14-27)36-23-33-34(39-35(38-33)21-7-12-29-22-32(29)35)24-37-31-19-15-28(16-20-31)26-10-5-2-6-11-26/h1-6,8-11,13-20,29,32-34H,7,12,21-24H2/t29-,32+,33+,34+/m1/s1. The third kappa shape index (κ3) is 5.19. The lowest BCUT2D eigenvalue weighted by atomic mass is 9.94. The third-order valence-electron chi connectivity index (χ3n) is 8.46. The molecule has 0 aromatic heterocycles. The number of ether oxygens (including phenoxy) is 4. The Morgan fingerprint density at radius 1 is 0.590 bits per heavy atom. The van der Waals surface area contributed by atoms with Gasteiger partial charge in [-0.2, -0.15) is 0 Å². The maximum Gasteiger partial charge on any atom is 0.172 e. The molecule has 39 heavy (non-hydrogen) atoms. The maximum absolute atomic E-state index is 6.71. The van der Waals surface area contributed by atoms with Crippen LogP contribution < -0.4 is 9.47 Å². The van der Waals surface area contributed by atoms with Gasteiger partial charge in [0.25, 0.3) is 0 Å². The summed E-state index contributed by atoms with van der Waals surface area (Å²) in [5.74, 6) is 2.45. The molecule has 1 heterocycles. The van der Waals surface area contributed by atoms with Crippen molar-refractivity contribution >= 4 is 0 Å². The Morgan fingerprint density at radius 3 is 1.54 bits per heavy atom. The summed E-state index contributed by atoms with van der Waals surface area (Å²) in [5.41, 5.74) is 4.75. The third-order valence-corrected chi connectivity index (χ3v) is 8.46. The minimum Gasteiger partial charge on any atom is -0.491 e. The average Bonchev–Trinajstić information content (AvgIpc) is 3.73. The molecule has 1 spiro atoms. The fraction of sp³-hybridized carbons (Fsp3) is 0.314. The van der Waals surface area contributed by atoms with Crippen LogP contribution in [0, 0.1) is 11.8 Å². The minimum atomic E-state index is -0.473. The molecule has 2 aliphatic carbocycles. The summed E-state index contributed by atoms with van der Waals surface area (Å²) >= 11 is 0. The molecule has 1 aliphatic heterocycles. The van der Waals surface area contributed by atoms with Crippen LogP contribution in [-0.2, 0) is 9.47 Å². The number of rotatable bonds is 8. The van der Waals surface area contributed by atoms with E-state index < -0.39 is 5.79 Å². The smallest absolute Gasteiger partial charge is 0.172 e. The Bertz CT molecular complexity index is 1270. The Kier molecular flexibility index (Phi) is 6.59. The van der Waals surface area contributed by atoms with Gasteiger partial charge in [-0.05, 0) is 71.7 Å². The van der Waals surface area contributed by atoms with E-state index in [4.69, 9.17) is 18.9 Å². The highest BCUT2D eigenvalue weighted by molar-refractivity contribution is 5.64. The van der Waals surface area contributed by atoms with E-state index in [9.17, 15) is 0 Å². The molecule has 2 saturated carbocycles. The van der Waals surface area contributed by atoms with Crippen LogP contribution in [0.25, 0.3) is 22.3 Å². The Hall–Kier alpha value is -3.60. The van der Waals surface area contributed by atoms with Gasteiger partial charge >= 0.3 is 0 Å². The topological polar surface area (TPSA) is 36.9 Å². The van der Waals surface area contributed by atoms with Crippen LogP contribution in [0.5, 0.6) is 11.5 Å². The van der Waals surface area contributed by atoms with Gasteiger partial charge in [0.2, 0.25) is 0 Å². The molecule has 0 bridgehead atoms. The molecular formula is C35H34O4. The zero-order valence-corrected chi connectivity index (χ0v) is 22.1. The van der Waals surface area contributed by atoms with Gasteiger partial charge in [-0.1, -0.05) is 84.9 Å². The van der Waals surface area contributed by atoms with E-state index in [1.165, 1.54) is 35.1 Å². The van der Waals surface area contributed by atoms with Crippen molar-refractivity contribution in [2.75, 3.05) is 13.2 Å². The number of benzene rings is 4. The summed E-state index contributed by atoms with van der Waals surface area (Å²) in [6, 6.07) is 37.3. The van der Waals surface area contributed by atoms with E-state index in [0.717, 1.165) is 30.3 Å². The Balaban J connectivity index is 1.02. The predicted molar refractivity (Wildman–Crippen MR) is 153 cm³/mol. The van der Waals surface area contributed by atoms with E-state index in [0.29, 0.717) is 19.1 Å². The molecule has 4 atom stereocenters. The van der Waals surface area contributed by atoms with E-state index >= 15 is 0 Å². The van der Waals surface area contributed by atoms with Crippen LogP contribution in [0.2, 0.25) is 0 Å². The van der Waals surface area contributed by atoms with Gasteiger partial charge in [0.15, 0.2) is 5.79 Å². The van der Waals surface area contributed by atoms with E-state index in [2.05, 4.69) is 72.8 Å². The van der Waals surface area contributed by atoms with Crippen molar-refractivity contribution in [3.63, 3.8) is 0 Å². The molecule has 0 unspecified atom stereocenters. The van der Waals surface area contributed by atoms with Gasteiger partial charge in [-0.25, -0.2) is 0 Å². The first kappa shape index (κ1) is 24.4. The summed E-state index contributed by atoms with van der Waals surface area (Å²) in [5, 5.41) is 0. The summed E-state index contributed by atoms with van der Waals surface area (Å²) in [4.78, 5) is 0. The monoisotopic (exact) mass is 518 g/mol. The minimum absolute atomic E-state index is 0.179. The molecule has 3 aliphatic rings. The first-order chi connectivity index (χ1) is 19.3. The molecule has 4 aromatic carbocycles. The van der Waals surface area contributed by atoms with Crippen molar-refractivity contribution in [3.05, 3.63) is 109 Å².